The van der Waals surface area contributed by atoms with E-state index >= 15 is 0 Å². The van der Waals surface area contributed by atoms with Gasteiger partial charge in [-0.25, -0.2) is 4.98 Å². The minimum atomic E-state index is 0.359. The normalized spacial score (nSPS) is 10.2. The Labute approximate surface area is 95.9 Å². The molecular formula is C11H9BrN2O. The second kappa shape index (κ2) is 4.40. The van der Waals surface area contributed by atoms with Crippen molar-refractivity contribution >= 4 is 22.2 Å². The molecule has 1 aromatic carbocycles. The monoisotopic (exact) mass is 264 g/mol. The third-order valence-corrected chi connectivity index (χ3v) is 2.73. The fourth-order valence-corrected chi connectivity index (χ4v) is 1.84. The summed E-state index contributed by atoms with van der Waals surface area (Å²) in [6.07, 6.45) is 4.78. The van der Waals surface area contributed by atoms with Crippen LogP contribution in [0.5, 0.6) is 0 Å². The third kappa shape index (κ3) is 2.15. The van der Waals surface area contributed by atoms with Crippen LogP contribution < -0.4 is 0 Å². The van der Waals surface area contributed by atoms with Gasteiger partial charge in [-0.3, -0.25) is 0 Å². The van der Waals surface area contributed by atoms with Gasteiger partial charge in [0.2, 0.25) is 0 Å². The number of benzene rings is 1. The number of aromatic nitrogens is 2. The summed E-state index contributed by atoms with van der Waals surface area (Å²) >= 11 is 3.46. The first kappa shape index (κ1) is 10.1. The van der Waals surface area contributed by atoms with E-state index in [2.05, 4.69) is 20.9 Å². The highest BCUT2D eigenvalue weighted by Gasteiger charge is 2.02. The Morgan fingerprint density at radius 2 is 2.20 bits per heavy atom. The molecule has 0 bridgehead atoms. The number of nitrogens with zero attached hydrogens (tertiary/aromatic N) is 2. The molecule has 0 saturated carbocycles. The molecule has 15 heavy (non-hydrogen) atoms. The van der Waals surface area contributed by atoms with Crippen molar-refractivity contribution in [2.24, 2.45) is 0 Å². The minimum Gasteiger partial charge on any atom is -0.305 e. The highest BCUT2D eigenvalue weighted by Crippen LogP contribution is 2.20. The Bertz CT molecular complexity index is 479. The van der Waals surface area contributed by atoms with Crippen molar-refractivity contribution in [2.75, 3.05) is 0 Å². The number of aldehydes is 1. The van der Waals surface area contributed by atoms with Crippen molar-refractivity contribution in [3.8, 4) is 5.69 Å². The summed E-state index contributed by atoms with van der Waals surface area (Å²) in [5.41, 5.74) is 1.79. The smallest absolute Gasteiger partial charge is 0.125 e. The number of carbonyl (C=O) groups excluding carboxylic acids is 1. The number of hydrogen-bond acceptors (Lipinski definition) is 2. The van der Waals surface area contributed by atoms with Crippen molar-refractivity contribution in [2.45, 2.75) is 6.42 Å². The molecule has 0 aliphatic heterocycles. The molecule has 0 unspecified atom stereocenters. The van der Waals surface area contributed by atoms with Gasteiger partial charge >= 0.3 is 0 Å². The molecule has 3 nitrogen and oxygen atoms in total. The molecule has 0 amide bonds. The van der Waals surface area contributed by atoms with Crippen LogP contribution >= 0.6 is 15.9 Å². The second-order valence-corrected chi connectivity index (χ2v) is 3.95. The summed E-state index contributed by atoms with van der Waals surface area (Å²) in [4.78, 5) is 14.5. The Kier molecular flexibility index (Phi) is 2.97. The molecule has 4 heteroatoms. The lowest BCUT2D eigenvalue weighted by Crippen LogP contribution is -1.91. The Balaban J connectivity index is 2.37. The summed E-state index contributed by atoms with van der Waals surface area (Å²) in [5, 5.41) is 0. The molecule has 0 radical (unpaired) electrons. The molecule has 1 aromatic heterocycles. The largest absolute Gasteiger partial charge is 0.305 e. The van der Waals surface area contributed by atoms with E-state index in [1.54, 1.807) is 6.33 Å². The van der Waals surface area contributed by atoms with Crippen LogP contribution in [0.2, 0.25) is 0 Å². The second-order valence-electron chi connectivity index (χ2n) is 3.09. The topological polar surface area (TPSA) is 34.9 Å². The van der Waals surface area contributed by atoms with Gasteiger partial charge < -0.3 is 9.36 Å². The molecule has 0 spiro atoms. The van der Waals surface area contributed by atoms with Crippen molar-refractivity contribution in [3.05, 3.63) is 47.0 Å². The van der Waals surface area contributed by atoms with Gasteiger partial charge in [0.05, 0.1) is 17.7 Å². The maximum atomic E-state index is 10.3. The molecule has 0 saturated heterocycles. The van der Waals surface area contributed by atoms with Crippen LogP contribution in [0.1, 0.15) is 5.69 Å². The Hall–Kier alpha value is -1.42. The molecule has 76 valence electrons. The van der Waals surface area contributed by atoms with E-state index < -0.39 is 0 Å². The number of rotatable bonds is 3. The van der Waals surface area contributed by atoms with E-state index in [9.17, 15) is 4.79 Å². The zero-order valence-corrected chi connectivity index (χ0v) is 9.52. The molecule has 2 rings (SSSR count). The van der Waals surface area contributed by atoms with E-state index in [4.69, 9.17) is 0 Å². The summed E-state index contributed by atoms with van der Waals surface area (Å²) < 4.78 is 2.89. The summed E-state index contributed by atoms with van der Waals surface area (Å²) in [6, 6.07) is 7.86. The molecular weight excluding hydrogens is 256 g/mol. The van der Waals surface area contributed by atoms with E-state index in [1.807, 2.05) is 35.0 Å². The average Bonchev–Trinajstić information content (AvgIpc) is 2.68. The van der Waals surface area contributed by atoms with Crippen LogP contribution in [-0.2, 0) is 11.2 Å². The third-order valence-electron chi connectivity index (χ3n) is 2.06. The Morgan fingerprint density at radius 3 is 2.93 bits per heavy atom. The standard InChI is InChI=1S/C11H9BrN2O/c12-10-3-1-2-4-11(10)14-7-9(5-6-15)13-8-14/h1-4,6-8H,5H2. The number of imidazole rings is 1. The fraction of sp³-hybridized carbons (Fsp3) is 0.0909. The van der Waals surface area contributed by atoms with Crippen molar-refractivity contribution < 1.29 is 4.79 Å². The summed E-state index contributed by atoms with van der Waals surface area (Å²) in [5.74, 6) is 0. The van der Waals surface area contributed by atoms with Crippen LogP contribution in [-0.4, -0.2) is 15.8 Å². The van der Waals surface area contributed by atoms with Gasteiger partial charge in [0.1, 0.15) is 6.29 Å². The summed E-state index contributed by atoms with van der Waals surface area (Å²) in [6.45, 7) is 0. The first-order valence-corrected chi connectivity index (χ1v) is 5.32. The average molecular weight is 265 g/mol. The van der Waals surface area contributed by atoms with Gasteiger partial charge in [0.15, 0.2) is 0 Å². The number of carbonyl (C=O) groups is 1. The molecule has 0 fully saturated rings. The molecule has 0 atom stereocenters. The van der Waals surface area contributed by atoms with Gasteiger partial charge in [0, 0.05) is 17.1 Å². The Morgan fingerprint density at radius 1 is 1.40 bits per heavy atom. The zero-order chi connectivity index (χ0) is 10.7. The van der Waals surface area contributed by atoms with Gasteiger partial charge in [-0.15, -0.1) is 0 Å². The van der Waals surface area contributed by atoms with Crippen LogP contribution in [0, 0.1) is 0 Å². The fourth-order valence-electron chi connectivity index (χ4n) is 1.35. The predicted octanol–water partition coefficient (Wildman–Crippen LogP) is 2.38. The first-order chi connectivity index (χ1) is 7.31. The van der Waals surface area contributed by atoms with Gasteiger partial charge in [0.25, 0.3) is 0 Å². The molecule has 0 aliphatic rings. The predicted molar refractivity (Wildman–Crippen MR) is 61.0 cm³/mol. The molecule has 0 N–H and O–H groups in total. The molecule has 2 aromatic rings. The highest BCUT2D eigenvalue weighted by atomic mass is 79.9. The lowest BCUT2D eigenvalue weighted by Gasteiger charge is -2.03. The number of para-hydroxylation sites is 1. The van der Waals surface area contributed by atoms with Crippen LogP contribution in [0.15, 0.2) is 41.3 Å². The lowest BCUT2D eigenvalue weighted by molar-refractivity contribution is -0.107. The first-order valence-electron chi connectivity index (χ1n) is 4.52. The van der Waals surface area contributed by atoms with Gasteiger partial charge in [-0.05, 0) is 28.1 Å². The van der Waals surface area contributed by atoms with E-state index in [-0.39, 0.29) is 0 Å². The maximum Gasteiger partial charge on any atom is 0.125 e. The molecule has 1 heterocycles. The van der Waals surface area contributed by atoms with Crippen LogP contribution in [0.25, 0.3) is 5.69 Å². The van der Waals surface area contributed by atoms with Crippen LogP contribution in [0.3, 0.4) is 0 Å². The van der Waals surface area contributed by atoms with Crippen molar-refractivity contribution in [1.82, 2.24) is 9.55 Å². The maximum absolute atomic E-state index is 10.3. The van der Waals surface area contributed by atoms with E-state index in [0.717, 1.165) is 22.1 Å². The van der Waals surface area contributed by atoms with Gasteiger partial charge in [-0.2, -0.15) is 0 Å². The van der Waals surface area contributed by atoms with E-state index in [1.165, 1.54) is 0 Å². The summed E-state index contributed by atoms with van der Waals surface area (Å²) in [7, 11) is 0. The van der Waals surface area contributed by atoms with Crippen LogP contribution in [0.4, 0.5) is 0 Å². The van der Waals surface area contributed by atoms with Gasteiger partial charge in [-0.1, -0.05) is 12.1 Å². The molecule has 0 aliphatic carbocycles. The van der Waals surface area contributed by atoms with E-state index in [0.29, 0.717) is 6.42 Å². The minimum absolute atomic E-state index is 0.359. The SMILES string of the molecule is O=CCc1cn(-c2ccccc2Br)cn1. The quantitative estimate of drug-likeness (QED) is 0.798. The van der Waals surface area contributed by atoms with Crippen molar-refractivity contribution in [1.29, 1.82) is 0 Å². The lowest BCUT2D eigenvalue weighted by atomic mass is 10.3. The zero-order valence-electron chi connectivity index (χ0n) is 7.93. The number of hydrogen-bond donors (Lipinski definition) is 0. The number of halogens is 1. The highest BCUT2D eigenvalue weighted by molar-refractivity contribution is 9.10. The van der Waals surface area contributed by atoms with Crippen molar-refractivity contribution in [3.63, 3.8) is 0 Å².